The van der Waals surface area contributed by atoms with Gasteiger partial charge in [-0.1, -0.05) is 12.1 Å². The van der Waals surface area contributed by atoms with Crippen molar-refractivity contribution in [2.75, 3.05) is 19.0 Å². The zero-order valence-electron chi connectivity index (χ0n) is 9.88. The first-order valence-electron chi connectivity index (χ1n) is 5.35. The molecule has 0 atom stereocenters. The number of hydrogen-bond acceptors (Lipinski definition) is 3. The van der Waals surface area contributed by atoms with Gasteiger partial charge in [-0.15, -0.1) is 0 Å². The molecule has 84 valence electrons. The molecule has 1 aromatic carbocycles. The molecular weight excluding hydrogens is 210 g/mol. The predicted octanol–water partition coefficient (Wildman–Crippen LogP) is 2.69. The molecule has 1 heterocycles. The third-order valence-corrected chi connectivity index (χ3v) is 2.53. The van der Waals surface area contributed by atoms with Crippen molar-refractivity contribution in [2.24, 2.45) is 0 Å². The predicted molar refractivity (Wildman–Crippen MR) is 68.7 cm³/mol. The van der Waals surface area contributed by atoms with Crippen LogP contribution in [-0.2, 0) is 0 Å². The highest BCUT2D eigenvalue weighted by atomic mass is 15.1. The topological polar surface area (TPSA) is 39.9 Å². The van der Waals surface area contributed by atoms with E-state index in [1.807, 2.05) is 49.3 Å². The number of anilines is 1. The van der Waals surface area contributed by atoms with Gasteiger partial charge in [0.15, 0.2) is 0 Å². The zero-order chi connectivity index (χ0) is 12.3. The van der Waals surface area contributed by atoms with E-state index >= 15 is 0 Å². The minimum Gasteiger partial charge on any atom is -0.376 e. The number of hydrogen-bond donors (Lipinski definition) is 0. The van der Waals surface area contributed by atoms with Crippen molar-refractivity contribution in [1.82, 2.24) is 4.98 Å². The first-order valence-corrected chi connectivity index (χ1v) is 5.35. The van der Waals surface area contributed by atoms with Crippen molar-refractivity contribution >= 4 is 5.69 Å². The fraction of sp³-hybridized carbons (Fsp3) is 0.143. The molecule has 1 aromatic heterocycles. The highest BCUT2D eigenvalue weighted by Crippen LogP contribution is 2.27. The lowest BCUT2D eigenvalue weighted by molar-refractivity contribution is 1.11. The summed E-state index contributed by atoms with van der Waals surface area (Å²) in [5.74, 6) is 0. The summed E-state index contributed by atoms with van der Waals surface area (Å²) in [6, 6.07) is 13.6. The van der Waals surface area contributed by atoms with E-state index in [9.17, 15) is 0 Å². The van der Waals surface area contributed by atoms with Crippen molar-refractivity contribution in [2.45, 2.75) is 0 Å². The molecule has 2 rings (SSSR count). The molecule has 0 spiro atoms. The summed E-state index contributed by atoms with van der Waals surface area (Å²) in [5.41, 5.74) is 3.56. The van der Waals surface area contributed by atoms with Gasteiger partial charge in [0.25, 0.3) is 0 Å². The number of nitriles is 1. The Morgan fingerprint density at radius 1 is 1.18 bits per heavy atom. The number of nitrogens with zero attached hydrogens (tertiary/aromatic N) is 3. The van der Waals surface area contributed by atoms with E-state index in [1.165, 1.54) is 0 Å². The van der Waals surface area contributed by atoms with Crippen LogP contribution >= 0.6 is 0 Å². The maximum absolute atomic E-state index is 8.91. The second-order valence-electron chi connectivity index (χ2n) is 3.96. The minimum absolute atomic E-state index is 0.651. The van der Waals surface area contributed by atoms with Gasteiger partial charge in [0.2, 0.25) is 0 Å². The molecule has 0 aliphatic carbocycles. The number of pyridine rings is 1. The van der Waals surface area contributed by atoms with Crippen LogP contribution < -0.4 is 4.90 Å². The molecule has 0 saturated heterocycles. The number of rotatable bonds is 2. The quantitative estimate of drug-likeness (QED) is 0.785. The van der Waals surface area contributed by atoms with Crippen LogP contribution in [0.5, 0.6) is 0 Å². The van der Waals surface area contributed by atoms with Crippen LogP contribution in [0.1, 0.15) is 5.56 Å². The van der Waals surface area contributed by atoms with Gasteiger partial charge in [-0.2, -0.15) is 5.26 Å². The van der Waals surface area contributed by atoms with E-state index in [4.69, 9.17) is 5.26 Å². The van der Waals surface area contributed by atoms with Crippen molar-refractivity contribution in [3.05, 3.63) is 48.2 Å². The van der Waals surface area contributed by atoms with Crippen LogP contribution in [0.2, 0.25) is 0 Å². The van der Waals surface area contributed by atoms with Crippen molar-refractivity contribution in [1.29, 1.82) is 5.26 Å². The van der Waals surface area contributed by atoms with Gasteiger partial charge in [-0.25, -0.2) is 0 Å². The molecule has 0 saturated carbocycles. The monoisotopic (exact) mass is 223 g/mol. The number of benzene rings is 1. The second kappa shape index (κ2) is 4.67. The highest BCUT2D eigenvalue weighted by molar-refractivity contribution is 5.75. The Morgan fingerprint density at radius 3 is 2.71 bits per heavy atom. The summed E-state index contributed by atoms with van der Waals surface area (Å²) in [5, 5.41) is 8.91. The molecule has 17 heavy (non-hydrogen) atoms. The Morgan fingerprint density at radius 2 is 2.00 bits per heavy atom. The molecule has 0 N–H and O–H groups in total. The van der Waals surface area contributed by atoms with E-state index in [2.05, 4.69) is 11.1 Å². The molecule has 0 bridgehead atoms. The molecule has 0 radical (unpaired) electrons. The van der Waals surface area contributed by atoms with Crippen LogP contribution in [0, 0.1) is 11.3 Å². The van der Waals surface area contributed by atoms with E-state index in [1.54, 1.807) is 12.3 Å². The first-order chi connectivity index (χ1) is 8.22. The summed E-state index contributed by atoms with van der Waals surface area (Å²) in [6.07, 6.45) is 1.77. The van der Waals surface area contributed by atoms with Crippen molar-refractivity contribution < 1.29 is 0 Å². The fourth-order valence-electron chi connectivity index (χ4n) is 1.72. The highest BCUT2D eigenvalue weighted by Gasteiger charge is 2.07. The maximum atomic E-state index is 8.91. The van der Waals surface area contributed by atoms with E-state index < -0.39 is 0 Å². The fourth-order valence-corrected chi connectivity index (χ4v) is 1.72. The number of aromatic nitrogens is 1. The van der Waals surface area contributed by atoms with Gasteiger partial charge in [-0.05, 0) is 24.3 Å². The van der Waals surface area contributed by atoms with E-state index in [-0.39, 0.29) is 0 Å². The third-order valence-electron chi connectivity index (χ3n) is 2.53. The molecule has 0 unspecified atom stereocenters. The molecular formula is C14H13N3. The van der Waals surface area contributed by atoms with Gasteiger partial charge < -0.3 is 4.90 Å². The standard InChI is InChI=1S/C14H13N3/c1-17(2)13-7-4-8-16-14(13)12-6-3-5-11(9-12)10-15/h3-9H,1-2H3. The average Bonchev–Trinajstić information content (AvgIpc) is 2.39. The Labute approximate surface area is 101 Å². The summed E-state index contributed by atoms with van der Waals surface area (Å²) in [4.78, 5) is 6.41. The summed E-state index contributed by atoms with van der Waals surface area (Å²) in [6.45, 7) is 0. The van der Waals surface area contributed by atoms with Gasteiger partial charge in [0, 0.05) is 25.9 Å². The van der Waals surface area contributed by atoms with Gasteiger partial charge >= 0.3 is 0 Å². The molecule has 0 fully saturated rings. The minimum atomic E-state index is 0.651. The molecule has 0 amide bonds. The average molecular weight is 223 g/mol. The molecule has 0 aliphatic heterocycles. The van der Waals surface area contributed by atoms with Crippen molar-refractivity contribution in [3.63, 3.8) is 0 Å². The first kappa shape index (κ1) is 11.2. The summed E-state index contributed by atoms with van der Waals surface area (Å²) < 4.78 is 0. The Balaban J connectivity index is 2.57. The van der Waals surface area contributed by atoms with Gasteiger partial charge in [0.1, 0.15) is 0 Å². The van der Waals surface area contributed by atoms with Crippen LogP contribution in [0.25, 0.3) is 11.3 Å². The normalized spacial score (nSPS) is 9.71. The third kappa shape index (κ3) is 2.26. The Bertz CT molecular complexity index is 568. The zero-order valence-corrected chi connectivity index (χ0v) is 9.88. The Hall–Kier alpha value is -2.34. The largest absolute Gasteiger partial charge is 0.376 e. The van der Waals surface area contributed by atoms with Crippen molar-refractivity contribution in [3.8, 4) is 17.3 Å². The van der Waals surface area contributed by atoms with E-state index in [0.29, 0.717) is 5.56 Å². The van der Waals surface area contributed by atoms with Crippen LogP contribution in [-0.4, -0.2) is 19.1 Å². The molecule has 3 heteroatoms. The Kier molecular flexibility index (Phi) is 3.06. The van der Waals surface area contributed by atoms with Crippen LogP contribution in [0.3, 0.4) is 0 Å². The SMILES string of the molecule is CN(C)c1cccnc1-c1cccc(C#N)c1. The van der Waals surface area contributed by atoms with Gasteiger partial charge in [-0.3, -0.25) is 4.98 Å². The molecule has 3 nitrogen and oxygen atoms in total. The second-order valence-corrected chi connectivity index (χ2v) is 3.96. The summed E-state index contributed by atoms with van der Waals surface area (Å²) in [7, 11) is 3.96. The lowest BCUT2D eigenvalue weighted by Crippen LogP contribution is -2.10. The smallest absolute Gasteiger partial charge is 0.0991 e. The summed E-state index contributed by atoms with van der Waals surface area (Å²) >= 11 is 0. The lowest BCUT2D eigenvalue weighted by atomic mass is 10.1. The lowest BCUT2D eigenvalue weighted by Gasteiger charge is -2.16. The molecule has 0 aliphatic rings. The van der Waals surface area contributed by atoms with Crippen LogP contribution in [0.4, 0.5) is 5.69 Å². The van der Waals surface area contributed by atoms with Gasteiger partial charge in [0.05, 0.1) is 23.0 Å². The van der Waals surface area contributed by atoms with E-state index in [0.717, 1.165) is 16.9 Å². The maximum Gasteiger partial charge on any atom is 0.0991 e. The van der Waals surface area contributed by atoms with Crippen LogP contribution in [0.15, 0.2) is 42.6 Å². The molecule has 2 aromatic rings.